The monoisotopic (exact) mass is 370 g/mol. The van der Waals surface area contributed by atoms with E-state index in [9.17, 15) is 9.59 Å². The standard InChI is InChI=1S/C20H26N4O3/c1-13(2)16(23-19(26)27-20(3,4)5)18(25)24-22-12-15-9-6-8-14-10-7-11-21-17(14)15/h6-13,16H,1-5H3,(H,23,26)(H,24,25). The van der Waals surface area contributed by atoms with E-state index in [1.165, 1.54) is 6.21 Å². The minimum Gasteiger partial charge on any atom is -0.444 e. The summed E-state index contributed by atoms with van der Waals surface area (Å²) in [6.45, 7) is 8.96. The normalized spacial score (nSPS) is 13.0. The molecule has 1 unspecified atom stereocenters. The molecule has 2 N–H and O–H groups in total. The molecule has 0 aliphatic rings. The summed E-state index contributed by atoms with van der Waals surface area (Å²) in [6.07, 6.45) is 2.61. The van der Waals surface area contributed by atoms with Gasteiger partial charge >= 0.3 is 6.09 Å². The number of rotatable bonds is 5. The largest absolute Gasteiger partial charge is 0.444 e. The van der Waals surface area contributed by atoms with Crippen LogP contribution in [-0.2, 0) is 9.53 Å². The van der Waals surface area contributed by atoms with Crippen molar-refractivity contribution in [2.24, 2.45) is 11.0 Å². The van der Waals surface area contributed by atoms with Crippen LogP contribution in [0.5, 0.6) is 0 Å². The first kappa shape index (κ1) is 20.4. The number of amides is 2. The van der Waals surface area contributed by atoms with Gasteiger partial charge in [0.2, 0.25) is 0 Å². The van der Waals surface area contributed by atoms with Gasteiger partial charge in [-0.25, -0.2) is 10.2 Å². The van der Waals surface area contributed by atoms with Crippen LogP contribution in [0.25, 0.3) is 10.9 Å². The van der Waals surface area contributed by atoms with Gasteiger partial charge in [0.05, 0.1) is 11.7 Å². The molecule has 1 heterocycles. The molecule has 0 radical (unpaired) electrons. The summed E-state index contributed by atoms with van der Waals surface area (Å²) >= 11 is 0. The summed E-state index contributed by atoms with van der Waals surface area (Å²) in [4.78, 5) is 28.7. The lowest BCUT2D eigenvalue weighted by atomic mass is 10.0. The second kappa shape index (κ2) is 8.62. The van der Waals surface area contributed by atoms with Crippen LogP contribution >= 0.6 is 0 Å². The van der Waals surface area contributed by atoms with Gasteiger partial charge in [-0.3, -0.25) is 9.78 Å². The van der Waals surface area contributed by atoms with Gasteiger partial charge in [-0.2, -0.15) is 5.10 Å². The Labute approximate surface area is 159 Å². The van der Waals surface area contributed by atoms with Crippen LogP contribution in [0.4, 0.5) is 4.79 Å². The fourth-order valence-corrected chi connectivity index (χ4v) is 2.44. The number of pyridine rings is 1. The predicted molar refractivity (Wildman–Crippen MR) is 105 cm³/mol. The van der Waals surface area contributed by atoms with Crippen molar-refractivity contribution < 1.29 is 14.3 Å². The summed E-state index contributed by atoms with van der Waals surface area (Å²) in [5, 5.41) is 7.60. The molecule has 0 aliphatic carbocycles. The van der Waals surface area contributed by atoms with Crippen molar-refractivity contribution in [3.63, 3.8) is 0 Å². The number of para-hydroxylation sites is 1. The van der Waals surface area contributed by atoms with Crippen LogP contribution in [0.2, 0.25) is 0 Å². The van der Waals surface area contributed by atoms with Crippen molar-refractivity contribution in [2.45, 2.75) is 46.3 Å². The van der Waals surface area contributed by atoms with Gasteiger partial charge in [-0.1, -0.05) is 38.1 Å². The van der Waals surface area contributed by atoms with E-state index in [4.69, 9.17) is 4.74 Å². The third-order valence-electron chi connectivity index (χ3n) is 3.66. The van der Waals surface area contributed by atoms with Crippen molar-refractivity contribution in [1.29, 1.82) is 0 Å². The van der Waals surface area contributed by atoms with E-state index in [0.717, 1.165) is 16.5 Å². The Morgan fingerprint density at radius 1 is 1.19 bits per heavy atom. The highest BCUT2D eigenvalue weighted by Crippen LogP contribution is 2.14. The number of alkyl carbamates (subject to hydrolysis) is 1. The third kappa shape index (κ3) is 6.06. The first-order chi connectivity index (χ1) is 12.7. The molecule has 0 fully saturated rings. The highest BCUT2D eigenvalue weighted by atomic mass is 16.6. The zero-order chi connectivity index (χ0) is 20.0. The van der Waals surface area contributed by atoms with E-state index in [2.05, 4.69) is 20.8 Å². The molecule has 0 spiro atoms. The van der Waals surface area contributed by atoms with Crippen LogP contribution in [0.3, 0.4) is 0 Å². The lowest BCUT2D eigenvalue weighted by molar-refractivity contribution is -0.124. The maximum absolute atomic E-state index is 12.4. The van der Waals surface area contributed by atoms with Gasteiger partial charge in [-0.05, 0) is 32.8 Å². The average Bonchev–Trinajstić information content (AvgIpc) is 2.58. The molecule has 1 aromatic heterocycles. The van der Waals surface area contributed by atoms with E-state index in [0.29, 0.717) is 0 Å². The summed E-state index contributed by atoms with van der Waals surface area (Å²) in [7, 11) is 0. The molecule has 2 amide bonds. The molecule has 0 aliphatic heterocycles. The van der Waals surface area contributed by atoms with Gasteiger partial charge in [0, 0.05) is 17.1 Å². The lowest BCUT2D eigenvalue weighted by Gasteiger charge is -2.24. The highest BCUT2D eigenvalue weighted by Gasteiger charge is 2.26. The molecule has 7 heteroatoms. The fourth-order valence-electron chi connectivity index (χ4n) is 2.44. The minimum absolute atomic E-state index is 0.132. The van der Waals surface area contributed by atoms with Crippen molar-refractivity contribution in [1.82, 2.24) is 15.7 Å². The maximum atomic E-state index is 12.4. The number of nitrogens with zero attached hydrogens (tertiary/aromatic N) is 2. The topological polar surface area (TPSA) is 92.7 Å². The van der Waals surface area contributed by atoms with E-state index < -0.39 is 23.6 Å². The Balaban J connectivity index is 2.05. The van der Waals surface area contributed by atoms with Crippen molar-refractivity contribution >= 4 is 29.1 Å². The van der Waals surface area contributed by atoms with Gasteiger partial charge in [-0.15, -0.1) is 0 Å². The number of hydrazone groups is 1. The quantitative estimate of drug-likeness (QED) is 0.624. The van der Waals surface area contributed by atoms with Gasteiger partial charge < -0.3 is 10.1 Å². The van der Waals surface area contributed by atoms with Crippen LogP contribution < -0.4 is 10.7 Å². The Morgan fingerprint density at radius 3 is 2.56 bits per heavy atom. The number of fused-ring (bicyclic) bond motifs is 1. The summed E-state index contributed by atoms with van der Waals surface area (Å²) in [5.74, 6) is -0.549. The number of carbonyl (C=O) groups is 2. The Hall–Kier alpha value is -2.96. The zero-order valence-corrected chi connectivity index (χ0v) is 16.3. The maximum Gasteiger partial charge on any atom is 0.408 e. The Bertz CT molecular complexity index is 835. The third-order valence-corrected chi connectivity index (χ3v) is 3.66. The molecule has 144 valence electrons. The number of nitrogens with one attached hydrogen (secondary N) is 2. The molecule has 27 heavy (non-hydrogen) atoms. The van der Waals surface area contributed by atoms with E-state index in [1.807, 2.05) is 44.2 Å². The second-order valence-electron chi connectivity index (χ2n) is 7.52. The first-order valence-corrected chi connectivity index (χ1v) is 8.83. The minimum atomic E-state index is -0.761. The van der Waals surface area contributed by atoms with E-state index in [1.54, 1.807) is 27.0 Å². The van der Waals surface area contributed by atoms with Crippen LogP contribution in [0.15, 0.2) is 41.6 Å². The van der Waals surface area contributed by atoms with Crippen LogP contribution in [0, 0.1) is 5.92 Å². The van der Waals surface area contributed by atoms with Gasteiger partial charge in [0.1, 0.15) is 11.6 Å². The number of benzene rings is 1. The second-order valence-corrected chi connectivity index (χ2v) is 7.52. The molecule has 7 nitrogen and oxygen atoms in total. The summed E-state index contributed by atoms with van der Waals surface area (Å²) in [5.41, 5.74) is 3.42. The molecule has 0 bridgehead atoms. The number of hydrogen-bond acceptors (Lipinski definition) is 5. The van der Waals surface area contributed by atoms with E-state index in [-0.39, 0.29) is 5.92 Å². The lowest BCUT2D eigenvalue weighted by Crippen LogP contribution is -2.49. The molecule has 1 atom stereocenters. The van der Waals surface area contributed by atoms with Crippen molar-refractivity contribution in [2.75, 3.05) is 0 Å². The number of carbonyl (C=O) groups excluding carboxylic acids is 2. The van der Waals surface area contributed by atoms with Gasteiger partial charge in [0.25, 0.3) is 5.91 Å². The average molecular weight is 370 g/mol. The summed E-state index contributed by atoms with van der Waals surface area (Å²) in [6, 6.07) is 8.77. The van der Waals surface area contributed by atoms with E-state index >= 15 is 0 Å². The smallest absolute Gasteiger partial charge is 0.408 e. The van der Waals surface area contributed by atoms with Gasteiger partial charge in [0.15, 0.2) is 0 Å². The Kier molecular flexibility index (Phi) is 6.50. The highest BCUT2D eigenvalue weighted by molar-refractivity contribution is 5.97. The summed E-state index contributed by atoms with van der Waals surface area (Å²) < 4.78 is 5.21. The fraction of sp³-hybridized carbons (Fsp3) is 0.400. The predicted octanol–water partition coefficient (Wildman–Crippen LogP) is 3.23. The number of hydrogen-bond donors (Lipinski definition) is 2. The molecule has 2 rings (SSSR count). The molecule has 0 saturated carbocycles. The first-order valence-electron chi connectivity index (χ1n) is 8.83. The number of ether oxygens (including phenoxy) is 1. The van der Waals surface area contributed by atoms with Crippen LogP contribution in [0.1, 0.15) is 40.2 Å². The van der Waals surface area contributed by atoms with Crippen LogP contribution in [-0.4, -0.2) is 34.8 Å². The molecule has 1 aromatic carbocycles. The molecular weight excluding hydrogens is 344 g/mol. The van der Waals surface area contributed by atoms with Crippen molar-refractivity contribution in [3.8, 4) is 0 Å². The zero-order valence-electron chi connectivity index (χ0n) is 16.3. The molecule has 2 aromatic rings. The SMILES string of the molecule is CC(C)C(NC(=O)OC(C)(C)C)C(=O)NN=Cc1cccc2cccnc12. The Morgan fingerprint density at radius 2 is 1.89 bits per heavy atom. The molecular formula is C20H26N4O3. The molecule has 0 saturated heterocycles. The van der Waals surface area contributed by atoms with Crippen molar-refractivity contribution in [3.05, 3.63) is 42.1 Å². The number of aromatic nitrogens is 1.